The number of ether oxygens (including phenoxy) is 1. The standard InChI is InChI=1S/C4H4N2O4/c7-2-9-4(8)3-1-5-10-6-3/h1,7H,2H2. The van der Waals surface area contributed by atoms with E-state index in [4.69, 9.17) is 5.11 Å². The van der Waals surface area contributed by atoms with Crippen LogP contribution in [0.2, 0.25) is 0 Å². The topological polar surface area (TPSA) is 85.5 Å². The average Bonchev–Trinajstić information content (AvgIpc) is 2.38. The van der Waals surface area contributed by atoms with E-state index in [2.05, 4.69) is 19.7 Å². The van der Waals surface area contributed by atoms with Gasteiger partial charge in [-0.1, -0.05) is 5.16 Å². The number of hydrogen-bond acceptors (Lipinski definition) is 6. The predicted molar refractivity (Wildman–Crippen MR) is 26.8 cm³/mol. The zero-order valence-corrected chi connectivity index (χ0v) is 4.85. The molecule has 0 aliphatic rings. The van der Waals surface area contributed by atoms with E-state index in [1.807, 2.05) is 0 Å². The minimum absolute atomic E-state index is 0.0611. The number of aliphatic hydroxyl groups excluding tert-OH is 1. The molecule has 0 unspecified atom stereocenters. The first kappa shape index (κ1) is 6.69. The number of esters is 1. The van der Waals surface area contributed by atoms with Gasteiger partial charge in [0.25, 0.3) is 0 Å². The van der Waals surface area contributed by atoms with Crippen LogP contribution < -0.4 is 0 Å². The summed E-state index contributed by atoms with van der Waals surface area (Å²) in [5.74, 6) is -0.760. The summed E-state index contributed by atoms with van der Waals surface area (Å²) in [6, 6.07) is 0. The second-order valence-electron chi connectivity index (χ2n) is 1.35. The van der Waals surface area contributed by atoms with E-state index in [1.54, 1.807) is 0 Å². The Hall–Kier alpha value is -1.43. The van der Waals surface area contributed by atoms with Crippen LogP contribution in [-0.2, 0) is 4.74 Å². The lowest BCUT2D eigenvalue weighted by Gasteiger charge is -1.92. The molecule has 1 aromatic heterocycles. The first-order chi connectivity index (χ1) is 4.84. The van der Waals surface area contributed by atoms with Crippen molar-refractivity contribution in [1.29, 1.82) is 0 Å². The molecule has 0 aromatic carbocycles. The molecule has 10 heavy (non-hydrogen) atoms. The summed E-state index contributed by atoms with van der Waals surface area (Å²) in [5, 5.41) is 14.4. The van der Waals surface area contributed by atoms with Crippen LogP contribution in [0.4, 0.5) is 0 Å². The summed E-state index contributed by atoms with van der Waals surface area (Å²) in [7, 11) is 0. The smallest absolute Gasteiger partial charge is 0.364 e. The van der Waals surface area contributed by atoms with E-state index in [1.165, 1.54) is 0 Å². The fraction of sp³-hybridized carbons (Fsp3) is 0.250. The Morgan fingerprint density at radius 1 is 1.90 bits per heavy atom. The van der Waals surface area contributed by atoms with Crippen molar-refractivity contribution < 1.29 is 19.3 Å². The van der Waals surface area contributed by atoms with Crippen molar-refractivity contribution in [3.8, 4) is 0 Å². The average molecular weight is 144 g/mol. The molecule has 0 saturated heterocycles. The Labute approximate surface area is 55.4 Å². The summed E-state index contributed by atoms with van der Waals surface area (Å²) in [6.07, 6.45) is 1.10. The van der Waals surface area contributed by atoms with Gasteiger partial charge in [-0.25, -0.2) is 9.42 Å². The molecule has 1 aromatic rings. The number of carbonyl (C=O) groups excluding carboxylic acids is 1. The van der Waals surface area contributed by atoms with Crippen molar-refractivity contribution in [1.82, 2.24) is 10.3 Å². The fourth-order valence-electron chi connectivity index (χ4n) is 0.387. The van der Waals surface area contributed by atoms with Gasteiger partial charge in [0.2, 0.25) is 5.69 Å². The van der Waals surface area contributed by atoms with E-state index in [0.29, 0.717) is 0 Å². The molecule has 6 nitrogen and oxygen atoms in total. The van der Waals surface area contributed by atoms with E-state index in [9.17, 15) is 4.79 Å². The van der Waals surface area contributed by atoms with Crippen molar-refractivity contribution >= 4 is 5.97 Å². The highest BCUT2D eigenvalue weighted by molar-refractivity contribution is 5.86. The van der Waals surface area contributed by atoms with Gasteiger partial charge in [-0.2, -0.15) is 0 Å². The summed E-state index contributed by atoms with van der Waals surface area (Å²) in [5.41, 5.74) is -0.0611. The van der Waals surface area contributed by atoms with Gasteiger partial charge in [-0.15, -0.1) is 0 Å². The molecule has 0 saturated carbocycles. The van der Waals surface area contributed by atoms with Crippen LogP contribution in [0, 0.1) is 0 Å². The Balaban J connectivity index is 2.59. The van der Waals surface area contributed by atoms with Crippen LogP contribution >= 0.6 is 0 Å². The zero-order valence-electron chi connectivity index (χ0n) is 4.85. The summed E-state index contributed by atoms with van der Waals surface area (Å²) in [4.78, 5) is 10.6. The number of hydrogen-bond donors (Lipinski definition) is 1. The second kappa shape index (κ2) is 2.92. The van der Waals surface area contributed by atoms with Gasteiger partial charge in [0, 0.05) is 0 Å². The van der Waals surface area contributed by atoms with Crippen LogP contribution in [0.5, 0.6) is 0 Å². The number of aliphatic hydroxyl groups is 1. The lowest BCUT2D eigenvalue weighted by molar-refractivity contribution is 0.00584. The number of aromatic nitrogens is 2. The van der Waals surface area contributed by atoms with Gasteiger partial charge in [0.05, 0.1) is 0 Å². The van der Waals surface area contributed by atoms with Gasteiger partial charge in [0.15, 0.2) is 6.79 Å². The molecule has 54 valence electrons. The first-order valence-electron chi connectivity index (χ1n) is 2.40. The van der Waals surface area contributed by atoms with Crippen LogP contribution in [0.15, 0.2) is 10.8 Å². The molecule has 1 N–H and O–H groups in total. The lowest BCUT2D eigenvalue weighted by atomic mass is 10.5. The van der Waals surface area contributed by atoms with Crippen LogP contribution in [0.3, 0.4) is 0 Å². The maximum Gasteiger partial charge on any atom is 0.364 e. The monoisotopic (exact) mass is 144 g/mol. The Morgan fingerprint density at radius 2 is 2.70 bits per heavy atom. The molecule has 0 aliphatic heterocycles. The molecule has 1 heterocycles. The maximum absolute atomic E-state index is 10.6. The SMILES string of the molecule is O=C(OCO)c1cnon1. The third-order valence-electron chi connectivity index (χ3n) is 0.766. The molecule has 0 fully saturated rings. The van der Waals surface area contributed by atoms with Crippen molar-refractivity contribution in [2.24, 2.45) is 0 Å². The Kier molecular flexibility index (Phi) is 1.96. The number of rotatable bonds is 2. The summed E-state index contributed by atoms with van der Waals surface area (Å²) >= 11 is 0. The molecule has 0 bridgehead atoms. The minimum Gasteiger partial charge on any atom is -0.434 e. The molecule has 0 radical (unpaired) electrons. The predicted octanol–water partition coefficient (Wildman–Crippen LogP) is -0.824. The quantitative estimate of drug-likeness (QED) is 0.431. The molecule has 0 amide bonds. The fourth-order valence-corrected chi connectivity index (χ4v) is 0.387. The largest absolute Gasteiger partial charge is 0.434 e. The highest BCUT2D eigenvalue weighted by Crippen LogP contribution is 1.92. The van der Waals surface area contributed by atoms with Gasteiger partial charge < -0.3 is 9.84 Å². The van der Waals surface area contributed by atoms with Gasteiger partial charge in [-0.3, -0.25) is 0 Å². The third-order valence-corrected chi connectivity index (χ3v) is 0.766. The second-order valence-corrected chi connectivity index (χ2v) is 1.35. The van der Waals surface area contributed by atoms with E-state index in [-0.39, 0.29) is 5.69 Å². The van der Waals surface area contributed by atoms with Crippen LogP contribution in [0.1, 0.15) is 10.5 Å². The van der Waals surface area contributed by atoms with E-state index in [0.717, 1.165) is 6.20 Å². The van der Waals surface area contributed by atoms with Crippen LogP contribution in [0.25, 0.3) is 0 Å². The third kappa shape index (κ3) is 1.29. The molecule has 0 spiro atoms. The molecular weight excluding hydrogens is 140 g/mol. The lowest BCUT2D eigenvalue weighted by Crippen LogP contribution is -2.05. The minimum atomic E-state index is -0.760. The van der Waals surface area contributed by atoms with Crippen molar-refractivity contribution in [2.75, 3.05) is 6.79 Å². The first-order valence-corrected chi connectivity index (χ1v) is 2.40. The number of nitrogens with zero attached hydrogens (tertiary/aromatic N) is 2. The molecular formula is C4H4N2O4. The highest BCUT2D eigenvalue weighted by atomic mass is 16.6. The normalized spacial score (nSPS) is 9.30. The highest BCUT2D eigenvalue weighted by Gasteiger charge is 2.09. The van der Waals surface area contributed by atoms with Crippen molar-refractivity contribution in [2.45, 2.75) is 0 Å². The van der Waals surface area contributed by atoms with Crippen molar-refractivity contribution in [3.05, 3.63) is 11.9 Å². The molecule has 0 aliphatic carbocycles. The molecule has 6 heteroatoms. The van der Waals surface area contributed by atoms with Gasteiger partial charge in [0.1, 0.15) is 6.20 Å². The van der Waals surface area contributed by atoms with Gasteiger partial charge in [-0.05, 0) is 5.16 Å². The zero-order chi connectivity index (χ0) is 7.40. The Morgan fingerprint density at radius 3 is 3.20 bits per heavy atom. The summed E-state index contributed by atoms with van der Waals surface area (Å²) < 4.78 is 8.24. The maximum atomic E-state index is 10.6. The van der Waals surface area contributed by atoms with E-state index < -0.39 is 12.8 Å². The van der Waals surface area contributed by atoms with E-state index >= 15 is 0 Å². The van der Waals surface area contributed by atoms with Crippen molar-refractivity contribution in [3.63, 3.8) is 0 Å². The summed E-state index contributed by atoms with van der Waals surface area (Å²) in [6.45, 7) is -0.675. The number of carbonyl (C=O) groups is 1. The van der Waals surface area contributed by atoms with Gasteiger partial charge >= 0.3 is 5.97 Å². The van der Waals surface area contributed by atoms with Crippen LogP contribution in [-0.4, -0.2) is 28.2 Å². The Bertz CT molecular complexity index is 207. The molecule has 0 atom stereocenters. The molecule has 1 rings (SSSR count).